The van der Waals surface area contributed by atoms with Gasteiger partial charge in [0.05, 0.1) is 24.2 Å². The van der Waals surface area contributed by atoms with Gasteiger partial charge in [-0.2, -0.15) is 5.26 Å². The first-order valence-corrected chi connectivity index (χ1v) is 18.1. The number of nitrogens with zero attached hydrogens (tertiary/aromatic N) is 3. The molecule has 2 N–H and O–H groups in total. The van der Waals surface area contributed by atoms with E-state index >= 15 is 8.78 Å². The second kappa shape index (κ2) is 12.9. The van der Waals surface area contributed by atoms with Gasteiger partial charge in [-0.1, -0.05) is 32.6 Å². The second-order valence-electron chi connectivity index (χ2n) is 12.7. The maximum Gasteiger partial charge on any atom is 0.319 e. The van der Waals surface area contributed by atoms with Crippen LogP contribution in [0.2, 0.25) is 25.7 Å². The predicted molar refractivity (Wildman–Crippen MR) is 166 cm³/mol. The molecule has 1 aliphatic heterocycles. The highest BCUT2D eigenvalue weighted by Crippen LogP contribution is 2.40. The van der Waals surface area contributed by atoms with E-state index in [1.165, 1.54) is 30.5 Å². The summed E-state index contributed by atoms with van der Waals surface area (Å²) in [5.74, 6) is -3.37. The Morgan fingerprint density at radius 1 is 1.13 bits per heavy atom. The zero-order chi connectivity index (χ0) is 32.4. The van der Waals surface area contributed by atoms with Crippen molar-refractivity contribution in [3.8, 4) is 28.7 Å². The molecule has 0 spiro atoms. The lowest BCUT2D eigenvalue weighted by Crippen LogP contribution is -2.49. The number of fused-ring (bicyclic) bond motifs is 1. The fraction of sp³-hybridized carbons (Fsp3) is 0.344. The van der Waals surface area contributed by atoms with Crippen molar-refractivity contribution in [2.75, 3.05) is 31.7 Å². The number of urea groups is 1. The van der Waals surface area contributed by atoms with Crippen molar-refractivity contribution in [1.82, 2.24) is 14.9 Å². The summed E-state index contributed by atoms with van der Waals surface area (Å²) in [5.41, 5.74) is 0.946. The molecule has 1 saturated heterocycles. The third-order valence-electron chi connectivity index (χ3n) is 7.39. The summed E-state index contributed by atoms with van der Waals surface area (Å²) in [6, 6.07) is 9.63. The lowest BCUT2D eigenvalue weighted by molar-refractivity contribution is -0.0974. The number of anilines is 1. The molecule has 2 aromatic carbocycles. The van der Waals surface area contributed by atoms with Gasteiger partial charge in [-0.05, 0) is 29.8 Å². The van der Waals surface area contributed by atoms with Crippen molar-refractivity contribution in [3.05, 3.63) is 71.8 Å². The number of hydrogen-bond donors (Lipinski definition) is 2. The normalized spacial score (nSPS) is 14.1. The van der Waals surface area contributed by atoms with E-state index in [-0.39, 0.29) is 29.1 Å². The van der Waals surface area contributed by atoms with Gasteiger partial charge in [0.2, 0.25) is 0 Å². The summed E-state index contributed by atoms with van der Waals surface area (Å²) in [5, 5.41) is 14.9. The number of amides is 2. The Labute approximate surface area is 259 Å². The number of hydrogen-bond acceptors (Lipinski definition) is 6. The quantitative estimate of drug-likeness (QED) is 0.132. The number of pyridine rings is 1. The molecular weight excluding hydrogens is 603 g/mol. The van der Waals surface area contributed by atoms with E-state index in [0.717, 1.165) is 18.2 Å². The van der Waals surface area contributed by atoms with Crippen molar-refractivity contribution in [3.63, 3.8) is 0 Å². The molecule has 0 aliphatic carbocycles. The van der Waals surface area contributed by atoms with Gasteiger partial charge in [0, 0.05) is 62.4 Å². The smallest absolute Gasteiger partial charge is 0.319 e. The molecule has 4 aromatic rings. The van der Waals surface area contributed by atoms with Crippen LogP contribution in [0.15, 0.2) is 48.8 Å². The van der Waals surface area contributed by atoms with Gasteiger partial charge in [0.15, 0.2) is 17.4 Å². The highest BCUT2D eigenvalue weighted by Gasteiger charge is 2.33. The Hall–Kier alpha value is -4.38. The Morgan fingerprint density at radius 2 is 1.87 bits per heavy atom. The summed E-state index contributed by atoms with van der Waals surface area (Å²) in [6.45, 7) is 10.7. The molecule has 13 heteroatoms. The van der Waals surface area contributed by atoms with Crippen molar-refractivity contribution in [2.24, 2.45) is 5.41 Å². The SMILES string of the molecule is CC1(CNC(=O)Nc2cc(F)c(Oc3ccnc4c3c(-c3ccc(F)c(C#N)c3)cn4COCC[Si](C)(C)C)c(F)c2)COC1. The minimum absolute atomic E-state index is 0.0749. The molecule has 45 heavy (non-hydrogen) atoms. The highest BCUT2D eigenvalue weighted by atomic mass is 28.3. The molecule has 3 heterocycles. The van der Waals surface area contributed by atoms with Gasteiger partial charge in [-0.15, -0.1) is 0 Å². The molecule has 0 unspecified atom stereocenters. The van der Waals surface area contributed by atoms with E-state index in [1.54, 1.807) is 10.8 Å². The van der Waals surface area contributed by atoms with E-state index in [4.69, 9.17) is 14.2 Å². The van der Waals surface area contributed by atoms with Crippen molar-refractivity contribution < 1.29 is 32.2 Å². The third-order valence-corrected chi connectivity index (χ3v) is 9.09. The summed E-state index contributed by atoms with van der Waals surface area (Å²) >= 11 is 0. The molecule has 236 valence electrons. The lowest BCUT2D eigenvalue weighted by Gasteiger charge is -2.37. The van der Waals surface area contributed by atoms with Crippen molar-refractivity contribution in [1.29, 1.82) is 5.26 Å². The van der Waals surface area contributed by atoms with Gasteiger partial charge in [0.1, 0.15) is 30.0 Å². The molecule has 0 bridgehead atoms. The zero-order valence-electron chi connectivity index (χ0n) is 25.5. The molecule has 5 rings (SSSR count). The van der Waals surface area contributed by atoms with Gasteiger partial charge in [0.25, 0.3) is 0 Å². The lowest BCUT2D eigenvalue weighted by atomic mass is 9.89. The highest BCUT2D eigenvalue weighted by molar-refractivity contribution is 6.76. The van der Waals surface area contributed by atoms with Crippen LogP contribution in [0.1, 0.15) is 12.5 Å². The predicted octanol–water partition coefficient (Wildman–Crippen LogP) is 7.25. The molecule has 0 atom stereocenters. The first kappa shape index (κ1) is 32.0. The summed E-state index contributed by atoms with van der Waals surface area (Å²) in [4.78, 5) is 16.8. The molecule has 1 fully saturated rings. The second-order valence-corrected chi connectivity index (χ2v) is 18.3. The standard InChI is InChI=1S/C32H34F3N5O4Si/c1-32(17-43-18-32)16-38-31(41)39-22-12-25(34)29(26(35)13-22)44-27-7-8-37-30-28(27)23(20-5-6-24(33)21(11-20)14-36)15-40(30)19-42-9-10-45(2,3)4/h5-8,11-13,15H,9-10,16-19H2,1-4H3,(H2,38,39,41). The fourth-order valence-corrected chi connectivity index (χ4v) is 5.53. The van der Waals surface area contributed by atoms with Gasteiger partial charge in [-0.3, -0.25) is 0 Å². The molecule has 0 radical (unpaired) electrons. The Morgan fingerprint density at radius 3 is 2.51 bits per heavy atom. The summed E-state index contributed by atoms with van der Waals surface area (Å²) < 4.78 is 63.4. The van der Waals surface area contributed by atoms with Crippen LogP contribution < -0.4 is 15.4 Å². The largest absolute Gasteiger partial charge is 0.450 e. The van der Waals surface area contributed by atoms with Crippen LogP contribution in [0.3, 0.4) is 0 Å². The minimum atomic E-state index is -1.34. The van der Waals surface area contributed by atoms with Crippen LogP contribution in [-0.2, 0) is 16.2 Å². The van der Waals surface area contributed by atoms with Crippen LogP contribution in [0, 0.1) is 34.2 Å². The number of carbonyl (C=O) groups is 1. The van der Waals surface area contributed by atoms with Gasteiger partial charge in [-0.25, -0.2) is 22.9 Å². The van der Waals surface area contributed by atoms with Crippen molar-refractivity contribution >= 4 is 30.8 Å². The average molecular weight is 638 g/mol. The first-order valence-electron chi connectivity index (χ1n) is 14.4. The number of nitrogens with one attached hydrogen (secondary N) is 2. The molecule has 2 aromatic heterocycles. The topological polar surface area (TPSA) is 110 Å². The number of halogens is 3. The first-order chi connectivity index (χ1) is 21.4. The van der Waals surface area contributed by atoms with E-state index in [2.05, 4.69) is 35.3 Å². The van der Waals surface area contributed by atoms with Crippen LogP contribution in [0.5, 0.6) is 11.5 Å². The average Bonchev–Trinajstić information content (AvgIpc) is 3.34. The Kier molecular flexibility index (Phi) is 9.20. The van der Waals surface area contributed by atoms with E-state index in [0.29, 0.717) is 48.5 Å². The minimum Gasteiger partial charge on any atom is -0.450 e. The number of carbonyl (C=O) groups excluding carboxylic acids is 1. The van der Waals surface area contributed by atoms with Gasteiger partial charge >= 0.3 is 6.03 Å². The van der Waals surface area contributed by atoms with Crippen LogP contribution >= 0.6 is 0 Å². The van der Waals surface area contributed by atoms with E-state index in [1.807, 2.05) is 13.0 Å². The fourth-order valence-electron chi connectivity index (χ4n) is 4.77. The monoisotopic (exact) mass is 637 g/mol. The van der Waals surface area contributed by atoms with E-state index < -0.39 is 37.3 Å². The number of ether oxygens (including phenoxy) is 3. The summed E-state index contributed by atoms with van der Waals surface area (Å²) in [7, 11) is -1.34. The number of benzene rings is 2. The van der Waals surface area contributed by atoms with Gasteiger partial charge < -0.3 is 29.4 Å². The maximum absolute atomic E-state index is 15.3. The molecule has 9 nitrogen and oxygen atoms in total. The number of rotatable bonds is 11. The molecule has 0 saturated carbocycles. The number of nitriles is 1. The van der Waals surface area contributed by atoms with Crippen LogP contribution in [0.25, 0.3) is 22.2 Å². The van der Waals surface area contributed by atoms with E-state index in [9.17, 15) is 14.4 Å². The number of aromatic nitrogens is 2. The van der Waals surface area contributed by atoms with Crippen molar-refractivity contribution in [2.45, 2.75) is 39.3 Å². The summed E-state index contributed by atoms with van der Waals surface area (Å²) in [6.07, 6.45) is 3.16. The Bertz CT molecular complexity index is 1760. The maximum atomic E-state index is 15.3. The van der Waals surface area contributed by atoms with Crippen LogP contribution in [-0.4, -0.2) is 50.0 Å². The van der Waals surface area contributed by atoms with Crippen LogP contribution in [0.4, 0.5) is 23.7 Å². The Balaban J connectivity index is 1.45. The third kappa shape index (κ3) is 7.47. The molecular formula is C32H34F3N5O4Si. The zero-order valence-corrected chi connectivity index (χ0v) is 26.5. The molecule has 1 aliphatic rings. The molecule has 2 amide bonds.